The van der Waals surface area contributed by atoms with Gasteiger partial charge in [0.2, 0.25) is 5.91 Å². The normalized spacial score (nSPS) is 23.7. The van der Waals surface area contributed by atoms with Gasteiger partial charge in [-0.3, -0.25) is 9.69 Å². The van der Waals surface area contributed by atoms with Crippen LogP contribution >= 0.6 is 0 Å². The minimum Gasteiger partial charge on any atom is -0.348 e. The van der Waals surface area contributed by atoms with E-state index in [1.165, 1.54) is 12.8 Å². The van der Waals surface area contributed by atoms with Gasteiger partial charge in [-0.15, -0.1) is 0 Å². The summed E-state index contributed by atoms with van der Waals surface area (Å²) >= 11 is 0. The van der Waals surface area contributed by atoms with Crippen LogP contribution in [0.5, 0.6) is 0 Å². The molecule has 140 valence electrons. The van der Waals surface area contributed by atoms with Crippen LogP contribution in [-0.4, -0.2) is 76.9 Å². The number of H-pyrrole nitrogens is 1. The maximum atomic E-state index is 12.6. The molecule has 2 aliphatic rings. The fraction of sp³-hybridized carbons (Fsp3) is 0.789. The molecule has 3 heterocycles. The van der Waals surface area contributed by atoms with Crippen molar-refractivity contribution >= 4 is 5.91 Å². The first kappa shape index (κ1) is 18.4. The molecule has 0 radical (unpaired) electrons. The van der Waals surface area contributed by atoms with Crippen LogP contribution in [-0.2, 0) is 11.3 Å². The topological polar surface area (TPSA) is 55.5 Å². The van der Waals surface area contributed by atoms with Crippen LogP contribution in [0.4, 0.5) is 0 Å². The quantitative estimate of drug-likeness (QED) is 0.855. The summed E-state index contributed by atoms with van der Waals surface area (Å²) in [7, 11) is 4.16. The summed E-state index contributed by atoms with van der Waals surface area (Å²) in [5, 5.41) is 0. The van der Waals surface area contributed by atoms with Crippen LogP contribution in [0.1, 0.15) is 44.3 Å². The van der Waals surface area contributed by atoms with Crippen molar-refractivity contribution < 1.29 is 4.79 Å². The molecule has 0 unspecified atom stereocenters. The molecule has 1 aromatic heterocycles. The van der Waals surface area contributed by atoms with Crippen molar-refractivity contribution in [2.75, 3.05) is 40.3 Å². The third kappa shape index (κ3) is 5.28. The van der Waals surface area contributed by atoms with Crippen LogP contribution in [0, 0.1) is 5.92 Å². The summed E-state index contributed by atoms with van der Waals surface area (Å²) in [6, 6.07) is 0.436. The first-order valence-electron chi connectivity index (χ1n) is 9.76. The van der Waals surface area contributed by atoms with E-state index < -0.39 is 0 Å². The molecule has 2 saturated heterocycles. The van der Waals surface area contributed by atoms with E-state index in [9.17, 15) is 4.79 Å². The first-order chi connectivity index (χ1) is 12.1. The summed E-state index contributed by atoms with van der Waals surface area (Å²) in [5.41, 5.74) is 0. The van der Waals surface area contributed by atoms with E-state index in [0.29, 0.717) is 24.3 Å². The number of hydrogen-bond acceptors (Lipinski definition) is 4. The monoisotopic (exact) mass is 347 g/mol. The number of amides is 1. The average molecular weight is 348 g/mol. The molecule has 0 bridgehead atoms. The predicted octanol–water partition coefficient (Wildman–Crippen LogP) is 1.95. The van der Waals surface area contributed by atoms with Crippen LogP contribution in [0.15, 0.2) is 12.4 Å². The summed E-state index contributed by atoms with van der Waals surface area (Å²) in [6.45, 7) is 5.33. The van der Waals surface area contributed by atoms with Crippen LogP contribution < -0.4 is 0 Å². The molecule has 1 amide bonds. The van der Waals surface area contributed by atoms with Gasteiger partial charge >= 0.3 is 0 Å². The molecule has 1 aromatic rings. The number of aromatic nitrogens is 2. The molecule has 1 N–H and O–H groups in total. The second kappa shape index (κ2) is 8.81. The molecule has 2 fully saturated rings. The van der Waals surface area contributed by atoms with E-state index in [4.69, 9.17) is 0 Å². The van der Waals surface area contributed by atoms with Gasteiger partial charge in [-0.1, -0.05) is 0 Å². The summed E-state index contributed by atoms with van der Waals surface area (Å²) in [6.07, 6.45) is 10.1. The fourth-order valence-corrected chi connectivity index (χ4v) is 4.22. The highest BCUT2D eigenvalue weighted by Gasteiger charge is 2.25. The van der Waals surface area contributed by atoms with E-state index in [-0.39, 0.29) is 0 Å². The maximum Gasteiger partial charge on any atom is 0.222 e. The Morgan fingerprint density at radius 2 is 2.12 bits per heavy atom. The third-order valence-corrected chi connectivity index (χ3v) is 5.93. The van der Waals surface area contributed by atoms with Crippen molar-refractivity contribution in [3.8, 4) is 0 Å². The number of likely N-dealkylation sites (tertiary alicyclic amines) is 2. The number of carbonyl (C=O) groups excluding carboxylic acids is 1. The zero-order chi connectivity index (χ0) is 17.6. The molecule has 3 rings (SSSR count). The molecule has 0 saturated carbocycles. The van der Waals surface area contributed by atoms with Gasteiger partial charge in [0, 0.05) is 38.4 Å². The van der Waals surface area contributed by atoms with Crippen molar-refractivity contribution in [3.05, 3.63) is 18.2 Å². The zero-order valence-corrected chi connectivity index (χ0v) is 15.8. The fourth-order valence-electron chi connectivity index (χ4n) is 4.22. The molecular formula is C19H33N5O. The lowest BCUT2D eigenvalue weighted by Gasteiger charge is -2.36. The number of piperidine rings is 2. The standard InChI is InChI=1S/C19H33N5O/c1-22-12-7-17(8-13-22)23(2)19(25)6-5-16-4-3-11-24(14-16)15-18-20-9-10-21-18/h9-10,16-17H,3-8,11-15H2,1-2H3,(H,20,21)/t16-/m0/s1. The molecule has 0 spiro atoms. The Morgan fingerprint density at radius 3 is 2.84 bits per heavy atom. The van der Waals surface area contributed by atoms with Gasteiger partial charge in [-0.05, 0) is 64.7 Å². The third-order valence-electron chi connectivity index (χ3n) is 5.93. The molecule has 0 aromatic carbocycles. The van der Waals surface area contributed by atoms with Crippen molar-refractivity contribution in [1.29, 1.82) is 0 Å². The number of nitrogens with one attached hydrogen (secondary N) is 1. The van der Waals surface area contributed by atoms with Gasteiger partial charge in [-0.25, -0.2) is 4.98 Å². The van der Waals surface area contributed by atoms with Crippen molar-refractivity contribution in [3.63, 3.8) is 0 Å². The molecular weight excluding hydrogens is 314 g/mol. The predicted molar refractivity (Wildman–Crippen MR) is 99.1 cm³/mol. The van der Waals surface area contributed by atoms with Gasteiger partial charge in [0.25, 0.3) is 0 Å². The zero-order valence-electron chi connectivity index (χ0n) is 15.8. The molecule has 6 heteroatoms. The van der Waals surface area contributed by atoms with Gasteiger partial charge in [0.15, 0.2) is 0 Å². The van der Waals surface area contributed by atoms with E-state index in [2.05, 4.69) is 26.8 Å². The Labute approximate surface area is 151 Å². The van der Waals surface area contributed by atoms with Crippen LogP contribution in [0.3, 0.4) is 0 Å². The minimum atomic E-state index is 0.331. The number of aromatic amines is 1. The number of nitrogens with zero attached hydrogens (tertiary/aromatic N) is 4. The second-order valence-electron chi connectivity index (χ2n) is 7.86. The number of hydrogen-bond donors (Lipinski definition) is 1. The number of imidazole rings is 1. The van der Waals surface area contributed by atoms with Gasteiger partial charge < -0.3 is 14.8 Å². The number of carbonyl (C=O) groups is 1. The lowest BCUT2D eigenvalue weighted by molar-refractivity contribution is -0.133. The van der Waals surface area contributed by atoms with Crippen LogP contribution in [0.2, 0.25) is 0 Å². The Hall–Kier alpha value is -1.40. The molecule has 1 atom stereocenters. The summed E-state index contributed by atoms with van der Waals surface area (Å²) in [5.74, 6) is 2.01. The maximum absolute atomic E-state index is 12.6. The van der Waals surface area contributed by atoms with Gasteiger partial charge in [0.05, 0.1) is 6.54 Å². The first-order valence-corrected chi connectivity index (χ1v) is 9.76. The lowest BCUT2D eigenvalue weighted by Crippen LogP contribution is -2.44. The molecule has 25 heavy (non-hydrogen) atoms. The Morgan fingerprint density at radius 1 is 1.32 bits per heavy atom. The molecule has 0 aliphatic carbocycles. The van der Waals surface area contributed by atoms with Gasteiger partial charge in [-0.2, -0.15) is 0 Å². The molecule has 6 nitrogen and oxygen atoms in total. The van der Waals surface area contributed by atoms with Gasteiger partial charge in [0.1, 0.15) is 5.82 Å². The molecule has 2 aliphatic heterocycles. The van der Waals surface area contributed by atoms with Crippen molar-refractivity contribution in [2.24, 2.45) is 5.92 Å². The minimum absolute atomic E-state index is 0.331. The highest BCUT2D eigenvalue weighted by Crippen LogP contribution is 2.23. The summed E-state index contributed by atoms with van der Waals surface area (Å²) in [4.78, 5) is 26.9. The average Bonchev–Trinajstić information content (AvgIpc) is 3.13. The van der Waals surface area contributed by atoms with E-state index in [1.54, 1.807) is 0 Å². The van der Waals surface area contributed by atoms with E-state index in [1.807, 2.05) is 24.3 Å². The second-order valence-corrected chi connectivity index (χ2v) is 7.86. The van der Waals surface area contributed by atoms with Crippen molar-refractivity contribution in [2.45, 2.75) is 51.1 Å². The van der Waals surface area contributed by atoms with Crippen LogP contribution in [0.25, 0.3) is 0 Å². The lowest BCUT2D eigenvalue weighted by atomic mass is 9.93. The Balaban J connectivity index is 1.40. The SMILES string of the molecule is CN1CCC(N(C)C(=O)CC[C@@H]2CCCN(Cc3ncc[nH]3)C2)CC1. The highest BCUT2D eigenvalue weighted by atomic mass is 16.2. The van der Waals surface area contributed by atoms with Crippen molar-refractivity contribution in [1.82, 2.24) is 24.7 Å². The largest absolute Gasteiger partial charge is 0.348 e. The highest BCUT2D eigenvalue weighted by molar-refractivity contribution is 5.76. The van der Waals surface area contributed by atoms with E-state index >= 15 is 0 Å². The number of rotatable bonds is 6. The Kier molecular flexibility index (Phi) is 6.48. The summed E-state index contributed by atoms with van der Waals surface area (Å²) < 4.78 is 0. The van der Waals surface area contributed by atoms with E-state index in [0.717, 1.165) is 57.8 Å². The smallest absolute Gasteiger partial charge is 0.222 e. The Bertz CT molecular complexity index is 524.